The van der Waals surface area contributed by atoms with Crippen LogP contribution in [0.1, 0.15) is 42.5 Å². The Kier molecular flexibility index (Phi) is 4.76. The number of amides is 1. The predicted molar refractivity (Wildman–Crippen MR) is 83.9 cm³/mol. The average molecular weight is 303 g/mol. The van der Waals surface area contributed by atoms with Gasteiger partial charge in [0.25, 0.3) is 0 Å². The van der Waals surface area contributed by atoms with Crippen LogP contribution in [0.3, 0.4) is 0 Å². The molecule has 0 atom stereocenters. The molecule has 1 amide bonds. The molecule has 2 aromatic rings. The number of hydrogen-bond acceptors (Lipinski definition) is 3. The van der Waals surface area contributed by atoms with Gasteiger partial charge in [-0.05, 0) is 30.4 Å². The molecule has 0 radical (unpaired) electrons. The largest absolute Gasteiger partial charge is 0.472 e. The summed E-state index contributed by atoms with van der Waals surface area (Å²) in [6, 6.07) is 6.08. The van der Waals surface area contributed by atoms with E-state index in [1.807, 2.05) is 17.0 Å². The molecule has 0 bridgehead atoms. The fraction of sp³-hybridized carbons (Fsp3) is 0.471. The average Bonchev–Trinajstić information content (AvgIpc) is 3.20. The topological polar surface area (TPSA) is 33.5 Å². The van der Waals surface area contributed by atoms with Crippen molar-refractivity contribution >= 4 is 17.2 Å². The van der Waals surface area contributed by atoms with E-state index in [0.717, 1.165) is 18.4 Å². The number of furan rings is 1. The summed E-state index contributed by atoms with van der Waals surface area (Å²) in [6.07, 6.45) is 9.15. The lowest BCUT2D eigenvalue weighted by atomic mass is 9.88. The quantitative estimate of drug-likeness (QED) is 0.817. The molecule has 0 aliphatic heterocycles. The molecule has 0 spiro atoms. The van der Waals surface area contributed by atoms with Crippen LogP contribution in [0.25, 0.3) is 0 Å². The van der Waals surface area contributed by atoms with Crippen molar-refractivity contribution in [3.8, 4) is 0 Å². The Morgan fingerprint density at radius 1 is 1.24 bits per heavy atom. The minimum absolute atomic E-state index is 0.214. The molecular weight excluding hydrogens is 282 g/mol. The van der Waals surface area contributed by atoms with Gasteiger partial charge in [0.2, 0.25) is 5.91 Å². The number of carbonyl (C=O) groups excluding carboxylic acids is 1. The first-order chi connectivity index (χ1) is 10.3. The van der Waals surface area contributed by atoms with Crippen LogP contribution in [0.4, 0.5) is 0 Å². The Labute approximate surface area is 129 Å². The minimum atomic E-state index is 0.214. The molecule has 3 nitrogen and oxygen atoms in total. The zero-order chi connectivity index (χ0) is 14.5. The van der Waals surface area contributed by atoms with E-state index >= 15 is 0 Å². The molecule has 1 saturated carbocycles. The van der Waals surface area contributed by atoms with Crippen LogP contribution in [-0.4, -0.2) is 10.8 Å². The summed E-state index contributed by atoms with van der Waals surface area (Å²) in [4.78, 5) is 16.1. The molecule has 0 aromatic carbocycles. The van der Waals surface area contributed by atoms with E-state index in [0.29, 0.717) is 19.0 Å². The number of hydrogen-bond donors (Lipinski definition) is 0. The smallest absolute Gasteiger partial charge is 0.226 e. The molecule has 1 aliphatic carbocycles. The van der Waals surface area contributed by atoms with Crippen LogP contribution >= 0.6 is 11.3 Å². The van der Waals surface area contributed by atoms with Crippen molar-refractivity contribution in [2.45, 2.75) is 45.2 Å². The molecule has 0 N–H and O–H groups in total. The third kappa shape index (κ3) is 3.76. The van der Waals surface area contributed by atoms with Gasteiger partial charge >= 0.3 is 0 Å². The summed E-state index contributed by atoms with van der Waals surface area (Å²) >= 11 is 1.71. The second-order valence-corrected chi connectivity index (χ2v) is 6.77. The van der Waals surface area contributed by atoms with Crippen molar-refractivity contribution in [2.24, 2.45) is 5.92 Å². The van der Waals surface area contributed by atoms with E-state index in [4.69, 9.17) is 4.42 Å². The number of carbonyl (C=O) groups is 1. The van der Waals surface area contributed by atoms with Gasteiger partial charge in [-0.2, -0.15) is 0 Å². The van der Waals surface area contributed by atoms with Crippen LogP contribution in [0.2, 0.25) is 0 Å². The van der Waals surface area contributed by atoms with E-state index in [-0.39, 0.29) is 5.92 Å². The van der Waals surface area contributed by atoms with E-state index in [2.05, 4.69) is 11.4 Å². The van der Waals surface area contributed by atoms with Crippen molar-refractivity contribution in [3.63, 3.8) is 0 Å². The Morgan fingerprint density at radius 2 is 2.10 bits per heavy atom. The fourth-order valence-corrected chi connectivity index (χ4v) is 3.73. The summed E-state index contributed by atoms with van der Waals surface area (Å²) in [5.41, 5.74) is 1.07. The second kappa shape index (κ2) is 6.94. The van der Waals surface area contributed by atoms with Crippen molar-refractivity contribution < 1.29 is 9.21 Å². The molecular formula is C17H21NO2S. The van der Waals surface area contributed by atoms with E-state index in [9.17, 15) is 4.79 Å². The molecule has 2 heterocycles. The van der Waals surface area contributed by atoms with E-state index in [1.165, 1.54) is 24.1 Å². The first-order valence-corrected chi connectivity index (χ1v) is 8.53. The molecule has 1 fully saturated rings. The zero-order valence-electron chi connectivity index (χ0n) is 12.2. The van der Waals surface area contributed by atoms with Crippen molar-refractivity contribution in [2.75, 3.05) is 0 Å². The Balaban J connectivity index is 1.72. The first kappa shape index (κ1) is 14.4. The molecule has 2 aromatic heterocycles. The molecule has 1 aliphatic rings. The van der Waals surface area contributed by atoms with Gasteiger partial charge in [-0.1, -0.05) is 25.3 Å². The van der Waals surface area contributed by atoms with Crippen LogP contribution in [0, 0.1) is 5.92 Å². The van der Waals surface area contributed by atoms with Crippen LogP contribution in [0.15, 0.2) is 40.5 Å². The highest BCUT2D eigenvalue weighted by Crippen LogP contribution is 2.27. The van der Waals surface area contributed by atoms with Crippen LogP contribution in [0.5, 0.6) is 0 Å². The maximum absolute atomic E-state index is 12.9. The van der Waals surface area contributed by atoms with Crippen molar-refractivity contribution in [1.82, 2.24) is 4.90 Å². The second-order valence-electron chi connectivity index (χ2n) is 5.74. The normalized spacial score (nSPS) is 16.0. The Morgan fingerprint density at radius 3 is 2.76 bits per heavy atom. The van der Waals surface area contributed by atoms with Gasteiger partial charge < -0.3 is 9.32 Å². The van der Waals surface area contributed by atoms with E-state index in [1.54, 1.807) is 23.9 Å². The Bertz CT molecular complexity index is 505. The lowest BCUT2D eigenvalue weighted by Gasteiger charge is -2.29. The van der Waals surface area contributed by atoms with Crippen LogP contribution in [-0.2, 0) is 17.9 Å². The minimum Gasteiger partial charge on any atom is -0.472 e. The predicted octanol–water partition coefficient (Wildman–Crippen LogP) is 4.45. The van der Waals surface area contributed by atoms with Gasteiger partial charge in [0, 0.05) is 22.9 Å². The number of nitrogens with zero attached hydrogens (tertiary/aromatic N) is 1. The van der Waals surface area contributed by atoms with Crippen molar-refractivity contribution in [3.05, 3.63) is 46.5 Å². The number of rotatable bonds is 5. The van der Waals surface area contributed by atoms with Gasteiger partial charge in [-0.3, -0.25) is 4.79 Å². The Hall–Kier alpha value is -1.55. The summed E-state index contributed by atoms with van der Waals surface area (Å²) in [5, 5.41) is 2.07. The zero-order valence-corrected chi connectivity index (χ0v) is 13.0. The summed E-state index contributed by atoms with van der Waals surface area (Å²) in [6.45, 7) is 1.35. The maximum atomic E-state index is 12.9. The highest BCUT2D eigenvalue weighted by molar-refractivity contribution is 7.09. The lowest BCUT2D eigenvalue weighted by Crippen LogP contribution is -2.35. The molecule has 112 valence electrons. The third-order valence-corrected chi connectivity index (χ3v) is 5.01. The summed E-state index contributed by atoms with van der Waals surface area (Å²) < 4.78 is 5.14. The summed E-state index contributed by atoms with van der Waals surface area (Å²) in [7, 11) is 0. The van der Waals surface area contributed by atoms with Gasteiger partial charge in [0.05, 0.1) is 19.1 Å². The maximum Gasteiger partial charge on any atom is 0.226 e. The molecule has 0 saturated heterocycles. The van der Waals surface area contributed by atoms with Gasteiger partial charge in [0.1, 0.15) is 0 Å². The lowest BCUT2D eigenvalue weighted by molar-refractivity contribution is -0.137. The molecule has 0 unspecified atom stereocenters. The third-order valence-electron chi connectivity index (χ3n) is 4.15. The van der Waals surface area contributed by atoms with Gasteiger partial charge in [-0.15, -0.1) is 11.3 Å². The molecule has 21 heavy (non-hydrogen) atoms. The number of thiophene rings is 1. The standard InChI is InChI=1S/C17H21NO2S/c19-17(15-5-2-1-3-6-15)18(11-14-8-9-20-13-14)12-16-7-4-10-21-16/h4,7-10,13,15H,1-3,5-6,11-12H2. The fourth-order valence-electron chi connectivity index (χ4n) is 3.01. The van der Waals surface area contributed by atoms with E-state index < -0.39 is 0 Å². The molecule has 3 rings (SSSR count). The first-order valence-electron chi connectivity index (χ1n) is 7.65. The van der Waals surface area contributed by atoms with Gasteiger partial charge in [0.15, 0.2) is 0 Å². The highest BCUT2D eigenvalue weighted by atomic mass is 32.1. The SMILES string of the molecule is O=C(C1CCCCC1)N(Cc1ccoc1)Cc1cccs1. The summed E-state index contributed by atoms with van der Waals surface area (Å²) in [5.74, 6) is 0.523. The van der Waals surface area contributed by atoms with Gasteiger partial charge in [-0.25, -0.2) is 0 Å². The highest BCUT2D eigenvalue weighted by Gasteiger charge is 2.26. The monoisotopic (exact) mass is 303 g/mol. The van der Waals surface area contributed by atoms with Crippen molar-refractivity contribution in [1.29, 1.82) is 0 Å². The van der Waals surface area contributed by atoms with Crippen LogP contribution < -0.4 is 0 Å². The molecule has 4 heteroatoms.